The van der Waals surface area contributed by atoms with Gasteiger partial charge >= 0.3 is 0 Å². The fourth-order valence-corrected chi connectivity index (χ4v) is 2.68. The van der Waals surface area contributed by atoms with Gasteiger partial charge in [0.25, 0.3) is 0 Å². The highest BCUT2D eigenvalue weighted by molar-refractivity contribution is 5.76. The number of aromatic nitrogens is 1. The van der Waals surface area contributed by atoms with Crippen LogP contribution in [0.1, 0.15) is 26.0 Å². The van der Waals surface area contributed by atoms with Crippen molar-refractivity contribution in [2.75, 3.05) is 34.5 Å². The molecule has 0 aliphatic heterocycles. The van der Waals surface area contributed by atoms with Crippen molar-refractivity contribution in [1.82, 2.24) is 10.1 Å². The van der Waals surface area contributed by atoms with E-state index in [9.17, 15) is 4.79 Å². The van der Waals surface area contributed by atoms with Crippen molar-refractivity contribution in [3.8, 4) is 22.8 Å². The van der Waals surface area contributed by atoms with Gasteiger partial charge in [-0.3, -0.25) is 4.79 Å². The number of nitrogens with zero attached hydrogens (tertiary/aromatic N) is 2. The minimum absolute atomic E-state index is 0.0774. The molecule has 0 radical (unpaired) electrons. The average Bonchev–Trinajstić information content (AvgIpc) is 3.12. The molecule has 0 unspecified atom stereocenters. The number of ether oxygens (including phenoxy) is 3. The van der Waals surface area contributed by atoms with Crippen molar-refractivity contribution in [2.45, 2.75) is 26.8 Å². The molecule has 7 heteroatoms. The summed E-state index contributed by atoms with van der Waals surface area (Å²) in [7, 11) is 4.81. The van der Waals surface area contributed by atoms with Crippen molar-refractivity contribution in [3.63, 3.8) is 0 Å². The topological polar surface area (TPSA) is 74.0 Å². The number of carbonyl (C=O) groups excluding carboxylic acids is 1. The summed E-state index contributed by atoms with van der Waals surface area (Å²) in [6.45, 7) is 5.40. The number of hydrogen-bond acceptors (Lipinski definition) is 6. The first-order valence-corrected chi connectivity index (χ1v) is 8.93. The van der Waals surface area contributed by atoms with Crippen LogP contribution in [0.5, 0.6) is 11.5 Å². The van der Waals surface area contributed by atoms with Crippen molar-refractivity contribution < 1.29 is 23.5 Å². The van der Waals surface area contributed by atoms with Gasteiger partial charge in [0.15, 0.2) is 5.76 Å². The summed E-state index contributed by atoms with van der Waals surface area (Å²) >= 11 is 0. The molecule has 0 fully saturated rings. The third-order valence-corrected chi connectivity index (χ3v) is 4.09. The van der Waals surface area contributed by atoms with E-state index in [1.54, 1.807) is 32.3 Å². The zero-order valence-corrected chi connectivity index (χ0v) is 16.7. The predicted molar refractivity (Wildman–Crippen MR) is 102 cm³/mol. The lowest BCUT2D eigenvalue weighted by Gasteiger charge is -2.22. The van der Waals surface area contributed by atoms with Crippen molar-refractivity contribution in [3.05, 3.63) is 30.0 Å². The van der Waals surface area contributed by atoms with E-state index < -0.39 is 0 Å². The Morgan fingerprint density at radius 1 is 1.19 bits per heavy atom. The summed E-state index contributed by atoms with van der Waals surface area (Å²) < 4.78 is 21.3. The molecule has 0 atom stereocenters. The second-order valence-electron chi connectivity index (χ2n) is 6.65. The van der Waals surface area contributed by atoms with Crippen molar-refractivity contribution in [1.29, 1.82) is 0 Å². The summed E-state index contributed by atoms with van der Waals surface area (Å²) in [4.78, 5) is 14.2. The molecule has 0 bridgehead atoms. The van der Waals surface area contributed by atoms with Gasteiger partial charge in [0.1, 0.15) is 17.2 Å². The molecule has 2 aromatic rings. The Morgan fingerprint density at radius 3 is 2.59 bits per heavy atom. The number of carbonyl (C=O) groups is 1. The third kappa shape index (κ3) is 5.72. The molecule has 1 aromatic carbocycles. The maximum Gasteiger partial charge on any atom is 0.223 e. The van der Waals surface area contributed by atoms with Crippen LogP contribution in [0.4, 0.5) is 0 Å². The van der Waals surface area contributed by atoms with Gasteiger partial charge in [0, 0.05) is 32.2 Å². The van der Waals surface area contributed by atoms with Gasteiger partial charge in [-0.05, 0) is 18.1 Å². The first kappa shape index (κ1) is 20.8. The highest BCUT2D eigenvalue weighted by Crippen LogP contribution is 2.33. The lowest BCUT2D eigenvalue weighted by molar-refractivity contribution is -0.133. The summed E-state index contributed by atoms with van der Waals surface area (Å²) in [5, 5.41) is 4.12. The van der Waals surface area contributed by atoms with E-state index in [2.05, 4.69) is 5.16 Å². The van der Waals surface area contributed by atoms with Crippen LogP contribution in [0.2, 0.25) is 0 Å². The highest BCUT2D eigenvalue weighted by atomic mass is 16.5. The molecule has 0 saturated heterocycles. The van der Waals surface area contributed by atoms with Crippen LogP contribution >= 0.6 is 0 Å². The molecular formula is C20H28N2O5. The SMILES string of the molecule is COCCN(Cc1cc(-c2ccc(OC)cc2OC)on1)C(=O)CC(C)C. The number of hydrogen-bond donors (Lipinski definition) is 0. The average molecular weight is 376 g/mol. The molecule has 7 nitrogen and oxygen atoms in total. The van der Waals surface area contributed by atoms with Crippen LogP contribution in [0.3, 0.4) is 0 Å². The molecular weight excluding hydrogens is 348 g/mol. The monoisotopic (exact) mass is 376 g/mol. The van der Waals surface area contributed by atoms with E-state index in [1.165, 1.54) is 0 Å². The lowest BCUT2D eigenvalue weighted by Crippen LogP contribution is -2.34. The molecule has 0 aliphatic rings. The van der Waals surface area contributed by atoms with Gasteiger partial charge in [-0.1, -0.05) is 19.0 Å². The molecule has 0 N–H and O–H groups in total. The number of rotatable bonds is 10. The minimum atomic E-state index is 0.0774. The van der Waals surface area contributed by atoms with Crippen LogP contribution in [0.25, 0.3) is 11.3 Å². The molecule has 0 saturated carbocycles. The van der Waals surface area contributed by atoms with Gasteiger partial charge in [0.2, 0.25) is 5.91 Å². The molecule has 1 aromatic heterocycles. The number of methoxy groups -OCH3 is 3. The minimum Gasteiger partial charge on any atom is -0.497 e. The number of amides is 1. The molecule has 0 spiro atoms. The Kier molecular flexibility index (Phi) is 7.67. The molecule has 0 aliphatic carbocycles. The fourth-order valence-electron chi connectivity index (χ4n) is 2.68. The van der Waals surface area contributed by atoms with Crippen LogP contribution in [-0.2, 0) is 16.1 Å². The van der Waals surface area contributed by atoms with Gasteiger partial charge in [-0.2, -0.15) is 0 Å². The Balaban J connectivity index is 2.18. The van der Waals surface area contributed by atoms with Crippen LogP contribution < -0.4 is 9.47 Å². The summed E-state index contributed by atoms with van der Waals surface area (Å²) in [5.74, 6) is 2.27. The third-order valence-electron chi connectivity index (χ3n) is 4.09. The Morgan fingerprint density at radius 2 is 1.96 bits per heavy atom. The standard InChI is InChI=1S/C20H28N2O5/c1-14(2)10-20(23)22(8-9-24-3)13-15-11-19(27-21-15)17-7-6-16(25-4)12-18(17)26-5/h6-7,11-12,14H,8-10,13H2,1-5H3. The van der Waals surface area contributed by atoms with E-state index in [0.29, 0.717) is 55.0 Å². The zero-order valence-electron chi connectivity index (χ0n) is 16.7. The smallest absolute Gasteiger partial charge is 0.223 e. The normalized spacial score (nSPS) is 10.9. The van der Waals surface area contributed by atoms with E-state index in [0.717, 1.165) is 5.56 Å². The first-order chi connectivity index (χ1) is 13.0. The van der Waals surface area contributed by atoms with Crippen molar-refractivity contribution >= 4 is 5.91 Å². The van der Waals surface area contributed by atoms with E-state index in [4.69, 9.17) is 18.7 Å². The number of benzene rings is 1. The molecule has 1 heterocycles. The van der Waals surface area contributed by atoms with Crippen LogP contribution in [0.15, 0.2) is 28.8 Å². The molecule has 2 rings (SSSR count). The van der Waals surface area contributed by atoms with E-state index >= 15 is 0 Å². The van der Waals surface area contributed by atoms with Crippen LogP contribution in [-0.4, -0.2) is 50.4 Å². The maximum atomic E-state index is 12.5. The molecule has 148 valence electrons. The highest BCUT2D eigenvalue weighted by Gasteiger charge is 2.19. The summed E-state index contributed by atoms with van der Waals surface area (Å²) in [5.41, 5.74) is 1.45. The largest absolute Gasteiger partial charge is 0.497 e. The van der Waals surface area contributed by atoms with Gasteiger partial charge in [0.05, 0.1) is 32.9 Å². The predicted octanol–water partition coefficient (Wildman–Crippen LogP) is 3.38. The van der Waals surface area contributed by atoms with E-state index in [-0.39, 0.29) is 5.91 Å². The summed E-state index contributed by atoms with van der Waals surface area (Å²) in [6, 6.07) is 7.30. The second kappa shape index (κ2) is 9.97. The Bertz CT molecular complexity index is 742. The van der Waals surface area contributed by atoms with Crippen molar-refractivity contribution in [2.24, 2.45) is 5.92 Å². The first-order valence-electron chi connectivity index (χ1n) is 8.93. The second-order valence-corrected chi connectivity index (χ2v) is 6.65. The fraction of sp³-hybridized carbons (Fsp3) is 0.500. The maximum absolute atomic E-state index is 12.5. The quantitative estimate of drug-likeness (QED) is 0.633. The lowest BCUT2D eigenvalue weighted by atomic mass is 10.1. The van der Waals surface area contributed by atoms with Gasteiger partial charge < -0.3 is 23.6 Å². The zero-order chi connectivity index (χ0) is 19.8. The van der Waals surface area contributed by atoms with Gasteiger partial charge in [-0.25, -0.2) is 0 Å². The Labute approximate surface area is 160 Å². The molecule has 27 heavy (non-hydrogen) atoms. The van der Waals surface area contributed by atoms with Crippen LogP contribution in [0, 0.1) is 5.92 Å². The molecule has 1 amide bonds. The van der Waals surface area contributed by atoms with Gasteiger partial charge in [-0.15, -0.1) is 0 Å². The Hall–Kier alpha value is -2.54. The summed E-state index contributed by atoms with van der Waals surface area (Å²) in [6.07, 6.45) is 0.487. The van der Waals surface area contributed by atoms with E-state index in [1.807, 2.05) is 32.0 Å².